The maximum atomic E-state index is 11.8. The van der Waals surface area contributed by atoms with E-state index >= 15 is 0 Å². The summed E-state index contributed by atoms with van der Waals surface area (Å²) in [6, 6.07) is 0. The molecular formula is C14H26N2O3. The molecule has 0 aromatic rings. The second kappa shape index (κ2) is 7.82. The predicted molar refractivity (Wildman–Crippen MR) is 73.1 cm³/mol. The SMILES string of the molecule is CCOC1CCN(CC(=O)NCC2CCCO2)CC1. The second-order valence-electron chi connectivity index (χ2n) is 5.37. The molecule has 110 valence electrons. The van der Waals surface area contributed by atoms with Gasteiger partial charge in [-0.2, -0.15) is 0 Å². The minimum absolute atomic E-state index is 0.116. The molecule has 2 heterocycles. The summed E-state index contributed by atoms with van der Waals surface area (Å²) >= 11 is 0. The average molecular weight is 270 g/mol. The van der Waals surface area contributed by atoms with Crippen molar-refractivity contribution in [1.82, 2.24) is 10.2 Å². The normalized spacial score (nSPS) is 25.6. The van der Waals surface area contributed by atoms with Gasteiger partial charge in [-0.25, -0.2) is 0 Å². The molecule has 0 aliphatic carbocycles. The van der Waals surface area contributed by atoms with Crippen molar-refractivity contribution in [1.29, 1.82) is 0 Å². The fourth-order valence-corrected chi connectivity index (χ4v) is 2.76. The number of hydrogen-bond acceptors (Lipinski definition) is 4. The molecule has 2 aliphatic rings. The van der Waals surface area contributed by atoms with Gasteiger partial charge < -0.3 is 14.8 Å². The second-order valence-corrected chi connectivity index (χ2v) is 5.37. The topological polar surface area (TPSA) is 50.8 Å². The lowest BCUT2D eigenvalue weighted by Gasteiger charge is -2.31. The van der Waals surface area contributed by atoms with E-state index in [0.29, 0.717) is 19.2 Å². The van der Waals surface area contributed by atoms with Crippen LogP contribution in [0.1, 0.15) is 32.6 Å². The Morgan fingerprint density at radius 2 is 2.16 bits per heavy atom. The van der Waals surface area contributed by atoms with Gasteiger partial charge >= 0.3 is 0 Å². The number of nitrogens with one attached hydrogen (secondary N) is 1. The highest BCUT2D eigenvalue weighted by molar-refractivity contribution is 5.78. The van der Waals surface area contributed by atoms with Gasteiger partial charge in [-0.1, -0.05) is 0 Å². The highest BCUT2D eigenvalue weighted by Crippen LogP contribution is 2.13. The largest absolute Gasteiger partial charge is 0.378 e. The van der Waals surface area contributed by atoms with E-state index in [1.165, 1.54) is 0 Å². The first-order valence-electron chi connectivity index (χ1n) is 7.50. The van der Waals surface area contributed by atoms with Crippen LogP contribution in [0.15, 0.2) is 0 Å². The molecule has 2 rings (SSSR count). The highest BCUT2D eigenvalue weighted by Gasteiger charge is 2.21. The number of carbonyl (C=O) groups excluding carboxylic acids is 1. The minimum Gasteiger partial charge on any atom is -0.378 e. The number of likely N-dealkylation sites (tertiary alicyclic amines) is 1. The van der Waals surface area contributed by atoms with Crippen LogP contribution in [0.4, 0.5) is 0 Å². The van der Waals surface area contributed by atoms with Gasteiger partial charge in [-0.05, 0) is 32.6 Å². The molecule has 19 heavy (non-hydrogen) atoms. The zero-order chi connectivity index (χ0) is 13.5. The summed E-state index contributed by atoms with van der Waals surface area (Å²) in [4.78, 5) is 14.0. The summed E-state index contributed by atoms with van der Waals surface area (Å²) in [6.45, 7) is 6.73. The molecule has 0 bridgehead atoms. The van der Waals surface area contributed by atoms with Crippen molar-refractivity contribution in [2.24, 2.45) is 0 Å². The van der Waals surface area contributed by atoms with Crippen molar-refractivity contribution < 1.29 is 14.3 Å². The fourth-order valence-electron chi connectivity index (χ4n) is 2.76. The molecule has 1 amide bonds. The van der Waals surface area contributed by atoms with E-state index in [-0.39, 0.29) is 12.0 Å². The van der Waals surface area contributed by atoms with Gasteiger partial charge in [0.2, 0.25) is 5.91 Å². The first-order valence-corrected chi connectivity index (χ1v) is 7.50. The zero-order valence-electron chi connectivity index (χ0n) is 11.9. The van der Waals surface area contributed by atoms with Crippen LogP contribution in [0.5, 0.6) is 0 Å². The van der Waals surface area contributed by atoms with E-state index in [0.717, 1.165) is 52.0 Å². The quantitative estimate of drug-likeness (QED) is 0.775. The van der Waals surface area contributed by atoms with E-state index in [9.17, 15) is 4.79 Å². The smallest absolute Gasteiger partial charge is 0.234 e. The van der Waals surface area contributed by atoms with Gasteiger partial charge in [-0.15, -0.1) is 0 Å². The summed E-state index contributed by atoms with van der Waals surface area (Å²) in [5.74, 6) is 0.116. The molecular weight excluding hydrogens is 244 g/mol. The van der Waals surface area contributed by atoms with Crippen LogP contribution < -0.4 is 5.32 Å². The first-order chi connectivity index (χ1) is 9.28. The summed E-state index contributed by atoms with van der Waals surface area (Å²) in [5, 5.41) is 2.97. The molecule has 1 unspecified atom stereocenters. The number of piperidine rings is 1. The summed E-state index contributed by atoms with van der Waals surface area (Å²) in [6.07, 6.45) is 4.87. The number of ether oxygens (including phenoxy) is 2. The monoisotopic (exact) mass is 270 g/mol. The number of nitrogens with zero attached hydrogens (tertiary/aromatic N) is 1. The number of carbonyl (C=O) groups is 1. The molecule has 5 nitrogen and oxygen atoms in total. The Morgan fingerprint density at radius 3 is 2.79 bits per heavy atom. The summed E-state index contributed by atoms with van der Waals surface area (Å²) in [5.41, 5.74) is 0. The average Bonchev–Trinajstić information content (AvgIpc) is 2.92. The van der Waals surface area contributed by atoms with Crippen LogP contribution in [0, 0.1) is 0 Å². The van der Waals surface area contributed by atoms with E-state index in [4.69, 9.17) is 9.47 Å². The van der Waals surface area contributed by atoms with Gasteiger partial charge in [0, 0.05) is 32.8 Å². The third-order valence-electron chi connectivity index (χ3n) is 3.86. The van der Waals surface area contributed by atoms with Gasteiger partial charge in [0.25, 0.3) is 0 Å². The van der Waals surface area contributed by atoms with Crippen LogP contribution in [0.3, 0.4) is 0 Å². The molecule has 1 N–H and O–H groups in total. The summed E-state index contributed by atoms with van der Waals surface area (Å²) < 4.78 is 11.1. The van der Waals surface area contributed by atoms with Crippen LogP contribution in [-0.2, 0) is 14.3 Å². The van der Waals surface area contributed by atoms with Crippen molar-refractivity contribution in [2.45, 2.75) is 44.8 Å². The Morgan fingerprint density at radius 1 is 1.37 bits per heavy atom. The molecule has 2 aliphatic heterocycles. The van der Waals surface area contributed by atoms with Crippen molar-refractivity contribution in [3.63, 3.8) is 0 Å². The van der Waals surface area contributed by atoms with Crippen LogP contribution in [0.2, 0.25) is 0 Å². The number of rotatable bonds is 6. The Hall–Kier alpha value is -0.650. The van der Waals surface area contributed by atoms with E-state index < -0.39 is 0 Å². The van der Waals surface area contributed by atoms with Gasteiger partial charge in [0.05, 0.1) is 18.8 Å². The Kier molecular flexibility index (Phi) is 6.07. The van der Waals surface area contributed by atoms with Crippen molar-refractivity contribution >= 4 is 5.91 Å². The lowest BCUT2D eigenvalue weighted by atomic mass is 10.1. The lowest BCUT2D eigenvalue weighted by Crippen LogP contribution is -2.44. The van der Waals surface area contributed by atoms with Crippen LogP contribution in [0.25, 0.3) is 0 Å². The third kappa shape index (κ3) is 5.09. The maximum Gasteiger partial charge on any atom is 0.234 e. The first kappa shape index (κ1) is 14.8. The van der Waals surface area contributed by atoms with Gasteiger partial charge in [0.1, 0.15) is 0 Å². The molecule has 0 radical (unpaired) electrons. The minimum atomic E-state index is 0.116. The molecule has 0 aromatic heterocycles. The number of hydrogen-bond donors (Lipinski definition) is 1. The molecule has 0 saturated carbocycles. The Bertz CT molecular complexity index is 272. The van der Waals surface area contributed by atoms with E-state index in [1.54, 1.807) is 0 Å². The molecule has 2 saturated heterocycles. The van der Waals surface area contributed by atoms with E-state index in [2.05, 4.69) is 10.2 Å². The molecule has 0 aromatic carbocycles. The lowest BCUT2D eigenvalue weighted by molar-refractivity contribution is -0.123. The van der Waals surface area contributed by atoms with E-state index in [1.807, 2.05) is 6.92 Å². The van der Waals surface area contributed by atoms with Crippen molar-refractivity contribution in [2.75, 3.05) is 39.4 Å². The fraction of sp³-hybridized carbons (Fsp3) is 0.929. The zero-order valence-corrected chi connectivity index (χ0v) is 11.9. The predicted octanol–water partition coefficient (Wildman–Crippen LogP) is 0.783. The number of amides is 1. The Labute approximate surface area is 115 Å². The maximum absolute atomic E-state index is 11.8. The molecule has 0 spiro atoms. The van der Waals surface area contributed by atoms with Gasteiger partial charge in [0.15, 0.2) is 0 Å². The third-order valence-corrected chi connectivity index (χ3v) is 3.86. The molecule has 2 fully saturated rings. The Balaban J connectivity index is 1.58. The summed E-state index contributed by atoms with van der Waals surface area (Å²) in [7, 11) is 0. The van der Waals surface area contributed by atoms with Crippen molar-refractivity contribution in [3.8, 4) is 0 Å². The van der Waals surface area contributed by atoms with Crippen LogP contribution in [-0.4, -0.2) is 62.4 Å². The standard InChI is InChI=1S/C14H26N2O3/c1-2-18-12-5-7-16(8-6-12)11-14(17)15-10-13-4-3-9-19-13/h12-13H,2-11H2,1H3,(H,15,17). The highest BCUT2D eigenvalue weighted by atomic mass is 16.5. The molecule has 5 heteroatoms. The van der Waals surface area contributed by atoms with Gasteiger partial charge in [-0.3, -0.25) is 9.69 Å². The molecule has 1 atom stereocenters. The van der Waals surface area contributed by atoms with Crippen molar-refractivity contribution in [3.05, 3.63) is 0 Å². The van der Waals surface area contributed by atoms with Crippen LogP contribution >= 0.6 is 0 Å².